The van der Waals surface area contributed by atoms with Gasteiger partial charge in [0.1, 0.15) is 6.26 Å². The van der Waals surface area contributed by atoms with Gasteiger partial charge in [-0.05, 0) is 50.3 Å². The van der Waals surface area contributed by atoms with Crippen LogP contribution < -0.4 is 11.1 Å². The average molecular weight is 350 g/mol. The Bertz CT molecular complexity index is 714. The number of hydrogen-bond donors (Lipinski definition) is 2. The minimum atomic E-state index is 0. The van der Waals surface area contributed by atoms with E-state index in [1.165, 1.54) is 0 Å². The molecule has 130 valence electrons. The molecule has 1 aliphatic carbocycles. The molecule has 3 N–H and O–H groups in total. The van der Waals surface area contributed by atoms with E-state index >= 15 is 0 Å². The summed E-state index contributed by atoms with van der Waals surface area (Å²) in [7, 11) is 0. The van der Waals surface area contributed by atoms with Crippen molar-refractivity contribution >= 4 is 24.0 Å². The minimum Gasteiger partial charge on any atom is -0.444 e. The van der Waals surface area contributed by atoms with Crippen LogP contribution in [-0.2, 0) is 4.79 Å². The van der Waals surface area contributed by atoms with Crippen LogP contribution in [0.5, 0.6) is 0 Å². The molecule has 0 radical (unpaired) electrons. The van der Waals surface area contributed by atoms with Gasteiger partial charge in [0, 0.05) is 23.7 Å². The fourth-order valence-corrected chi connectivity index (χ4v) is 3.18. The summed E-state index contributed by atoms with van der Waals surface area (Å²) in [5, 5.41) is 2.97. The Kier molecular flexibility index (Phi) is 6.02. The van der Waals surface area contributed by atoms with E-state index in [9.17, 15) is 4.79 Å². The molecule has 5 nitrogen and oxygen atoms in total. The molecule has 0 aliphatic heterocycles. The lowest BCUT2D eigenvalue weighted by atomic mass is 10.00. The average Bonchev–Trinajstić information content (AvgIpc) is 3.10. The zero-order chi connectivity index (χ0) is 16.4. The van der Waals surface area contributed by atoms with Crippen molar-refractivity contribution in [1.82, 2.24) is 4.98 Å². The van der Waals surface area contributed by atoms with Crippen molar-refractivity contribution in [2.45, 2.75) is 45.6 Å². The van der Waals surface area contributed by atoms with E-state index < -0.39 is 0 Å². The highest BCUT2D eigenvalue weighted by Gasteiger charge is 2.26. The second-order valence-corrected chi connectivity index (χ2v) is 6.43. The van der Waals surface area contributed by atoms with Crippen LogP contribution in [0.1, 0.15) is 36.9 Å². The van der Waals surface area contributed by atoms with Crippen LogP contribution >= 0.6 is 12.4 Å². The summed E-state index contributed by atoms with van der Waals surface area (Å²) in [6.07, 6.45) is 5.31. The summed E-state index contributed by atoms with van der Waals surface area (Å²) in [6.45, 7) is 3.89. The Morgan fingerprint density at radius 3 is 2.79 bits per heavy atom. The monoisotopic (exact) mass is 349 g/mol. The van der Waals surface area contributed by atoms with Crippen molar-refractivity contribution in [3.63, 3.8) is 0 Å². The van der Waals surface area contributed by atoms with Gasteiger partial charge >= 0.3 is 0 Å². The standard InChI is InChI=1S/C18H23N3O2.ClH/c1-11-6-7-14(9-15(11)18-20-12(2)10-23-18)21-17(22)8-13-4-3-5-16(13)19;/h6-7,9-10,13,16H,3-5,8,19H2,1-2H3,(H,21,22);1H/t13-,16+;/m0./s1. The predicted octanol–water partition coefficient (Wildman–Crippen LogP) is 3.84. The number of anilines is 1. The molecule has 24 heavy (non-hydrogen) atoms. The summed E-state index contributed by atoms with van der Waals surface area (Å²) in [6, 6.07) is 5.93. The van der Waals surface area contributed by atoms with Crippen LogP contribution in [0.3, 0.4) is 0 Å². The number of hydrogen-bond acceptors (Lipinski definition) is 4. The maximum Gasteiger partial charge on any atom is 0.226 e. The van der Waals surface area contributed by atoms with Gasteiger partial charge < -0.3 is 15.5 Å². The number of oxazole rings is 1. The smallest absolute Gasteiger partial charge is 0.226 e. The Balaban J connectivity index is 0.00000208. The van der Waals surface area contributed by atoms with Crippen LogP contribution in [0.15, 0.2) is 28.9 Å². The largest absolute Gasteiger partial charge is 0.444 e. The normalized spacial score (nSPS) is 19.8. The van der Waals surface area contributed by atoms with Gasteiger partial charge in [-0.1, -0.05) is 12.5 Å². The number of benzene rings is 1. The van der Waals surface area contributed by atoms with Gasteiger partial charge in [-0.15, -0.1) is 12.4 Å². The molecule has 1 heterocycles. The van der Waals surface area contributed by atoms with E-state index in [-0.39, 0.29) is 24.4 Å². The number of rotatable bonds is 4. The molecule has 1 aliphatic rings. The highest BCUT2D eigenvalue weighted by Crippen LogP contribution is 2.28. The van der Waals surface area contributed by atoms with Crippen molar-refractivity contribution in [1.29, 1.82) is 0 Å². The van der Waals surface area contributed by atoms with E-state index in [4.69, 9.17) is 10.2 Å². The molecule has 0 unspecified atom stereocenters. The summed E-state index contributed by atoms with van der Waals surface area (Å²) in [5.74, 6) is 0.897. The van der Waals surface area contributed by atoms with Crippen LogP contribution in [0.2, 0.25) is 0 Å². The summed E-state index contributed by atoms with van der Waals surface area (Å²) >= 11 is 0. The molecular formula is C18H24ClN3O2. The van der Waals surface area contributed by atoms with E-state index in [1.54, 1.807) is 6.26 Å². The van der Waals surface area contributed by atoms with Gasteiger partial charge in [0.15, 0.2) is 0 Å². The fraction of sp³-hybridized carbons (Fsp3) is 0.444. The molecule has 2 aromatic rings. The molecule has 0 saturated heterocycles. The lowest BCUT2D eigenvalue weighted by Crippen LogP contribution is -2.28. The lowest BCUT2D eigenvalue weighted by Gasteiger charge is -2.15. The topological polar surface area (TPSA) is 81.2 Å². The number of nitrogens with one attached hydrogen (secondary N) is 1. The number of carbonyl (C=O) groups is 1. The van der Waals surface area contributed by atoms with Gasteiger partial charge in [0.05, 0.1) is 5.69 Å². The molecule has 1 fully saturated rings. The molecular weight excluding hydrogens is 326 g/mol. The number of halogens is 1. The third-order valence-corrected chi connectivity index (χ3v) is 4.54. The Morgan fingerprint density at radius 1 is 1.38 bits per heavy atom. The first kappa shape index (κ1) is 18.5. The molecule has 3 rings (SSSR count). The Morgan fingerprint density at radius 2 is 2.17 bits per heavy atom. The van der Waals surface area contributed by atoms with Crippen molar-refractivity contribution in [3.05, 3.63) is 35.7 Å². The van der Waals surface area contributed by atoms with Gasteiger partial charge in [0.2, 0.25) is 11.8 Å². The van der Waals surface area contributed by atoms with Gasteiger partial charge in [-0.25, -0.2) is 4.98 Å². The molecule has 1 aromatic heterocycles. The maximum absolute atomic E-state index is 12.2. The third-order valence-electron chi connectivity index (χ3n) is 4.54. The molecule has 1 amide bonds. The first-order valence-electron chi connectivity index (χ1n) is 8.11. The van der Waals surface area contributed by atoms with Crippen molar-refractivity contribution < 1.29 is 9.21 Å². The number of amides is 1. The molecule has 1 saturated carbocycles. The zero-order valence-electron chi connectivity index (χ0n) is 14.0. The van der Waals surface area contributed by atoms with Crippen LogP contribution in [0.25, 0.3) is 11.5 Å². The summed E-state index contributed by atoms with van der Waals surface area (Å²) < 4.78 is 5.47. The highest BCUT2D eigenvalue weighted by atomic mass is 35.5. The number of aryl methyl sites for hydroxylation is 2. The van der Waals surface area contributed by atoms with Crippen LogP contribution in [0, 0.1) is 19.8 Å². The summed E-state index contributed by atoms with van der Waals surface area (Å²) in [5.41, 5.74) is 9.60. The molecule has 6 heteroatoms. The fourth-order valence-electron chi connectivity index (χ4n) is 3.18. The second-order valence-electron chi connectivity index (χ2n) is 6.43. The molecule has 1 aromatic carbocycles. The Labute approximate surface area is 148 Å². The Hall–Kier alpha value is -1.85. The maximum atomic E-state index is 12.2. The van der Waals surface area contributed by atoms with E-state index in [0.717, 1.165) is 41.8 Å². The SMILES string of the molecule is Cc1coc(-c2cc(NC(=O)C[C@@H]3CCC[C@H]3N)ccc2C)n1.Cl. The van der Waals surface area contributed by atoms with Crippen LogP contribution in [-0.4, -0.2) is 16.9 Å². The first-order chi connectivity index (χ1) is 11.0. The van der Waals surface area contributed by atoms with E-state index in [0.29, 0.717) is 18.2 Å². The molecule has 0 bridgehead atoms. The van der Waals surface area contributed by atoms with Crippen molar-refractivity contribution in [3.8, 4) is 11.5 Å². The molecule has 2 atom stereocenters. The zero-order valence-corrected chi connectivity index (χ0v) is 14.9. The van der Waals surface area contributed by atoms with Gasteiger partial charge in [-0.3, -0.25) is 4.79 Å². The first-order valence-corrected chi connectivity index (χ1v) is 8.11. The van der Waals surface area contributed by atoms with E-state index in [1.807, 2.05) is 32.0 Å². The van der Waals surface area contributed by atoms with Gasteiger partial charge in [-0.2, -0.15) is 0 Å². The number of nitrogens with two attached hydrogens (primary N) is 1. The van der Waals surface area contributed by atoms with E-state index in [2.05, 4.69) is 10.3 Å². The van der Waals surface area contributed by atoms with Crippen molar-refractivity contribution in [2.24, 2.45) is 11.7 Å². The minimum absolute atomic E-state index is 0. The summed E-state index contributed by atoms with van der Waals surface area (Å²) in [4.78, 5) is 16.6. The molecule has 0 spiro atoms. The number of carbonyl (C=O) groups excluding carboxylic acids is 1. The van der Waals surface area contributed by atoms with Crippen LogP contribution in [0.4, 0.5) is 5.69 Å². The number of aromatic nitrogens is 1. The second kappa shape index (κ2) is 7.81. The van der Waals surface area contributed by atoms with Crippen molar-refractivity contribution in [2.75, 3.05) is 5.32 Å². The third kappa shape index (κ3) is 4.16. The quantitative estimate of drug-likeness (QED) is 0.878. The lowest BCUT2D eigenvalue weighted by molar-refractivity contribution is -0.117. The predicted molar refractivity (Wildman–Crippen MR) is 97.2 cm³/mol. The highest BCUT2D eigenvalue weighted by molar-refractivity contribution is 5.91. The number of nitrogens with zero attached hydrogens (tertiary/aromatic N) is 1. The van der Waals surface area contributed by atoms with Gasteiger partial charge in [0.25, 0.3) is 0 Å².